The van der Waals surface area contributed by atoms with Crippen LogP contribution in [-0.2, 0) is 9.59 Å². The van der Waals surface area contributed by atoms with Crippen molar-refractivity contribution in [2.75, 3.05) is 16.8 Å². The number of fused-ring (bicyclic) bond motifs is 1. The zero-order valence-corrected chi connectivity index (χ0v) is 12.2. The van der Waals surface area contributed by atoms with Crippen molar-refractivity contribution in [3.05, 3.63) is 54.6 Å². The second kappa shape index (κ2) is 5.89. The fourth-order valence-electron chi connectivity index (χ4n) is 2.43. The number of hydrogen-bond donors (Lipinski definition) is 1. The number of carbonyl (C=O) groups excluding carboxylic acids is 2. The number of anilines is 2. The molecular formula is C17H16N2O3. The molecule has 2 aromatic rings. The first-order chi connectivity index (χ1) is 10.7. The summed E-state index contributed by atoms with van der Waals surface area (Å²) in [5, 5.41) is 2.82. The van der Waals surface area contributed by atoms with Gasteiger partial charge in [-0.15, -0.1) is 0 Å². The van der Waals surface area contributed by atoms with Crippen LogP contribution in [0.3, 0.4) is 0 Å². The molecule has 2 amide bonds. The predicted octanol–water partition coefficient (Wildman–Crippen LogP) is 2.44. The summed E-state index contributed by atoms with van der Waals surface area (Å²) < 4.78 is 5.39. The smallest absolute Gasteiger partial charge is 0.265 e. The number of para-hydroxylation sites is 3. The lowest BCUT2D eigenvalue weighted by Gasteiger charge is -2.33. The summed E-state index contributed by atoms with van der Waals surface area (Å²) in [6, 6.07) is 15.8. The Balaban J connectivity index is 1.83. The highest BCUT2D eigenvalue weighted by molar-refractivity contribution is 6.06. The van der Waals surface area contributed by atoms with E-state index in [2.05, 4.69) is 5.32 Å². The number of carbonyl (C=O) groups is 2. The third-order valence-electron chi connectivity index (χ3n) is 3.55. The number of nitrogens with one attached hydrogen (secondary N) is 1. The minimum Gasteiger partial charge on any atom is -0.482 e. The van der Waals surface area contributed by atoms with Gasteiger partial charge in [0.2, 0.25) is 5.91 Å². The van der Waals surface area contributed by atoms with E-state index in [1.807, 2.05) is 30.3 Å². The lowest BCUT2D eigenvalue weighted by molar-refractivity contribution is -0.125. The van der Waals surface area contributed by atoms with E-state index in [9.17, 15) is 9.59 Å². The van der Waals surface area contributed by atoms with E-state index in [1.165, 1.54) is 4.90 Å². The minimum atomic E-state index is -0.627. The summed E-state index contributed by atoms with van der Waals surface area (Å²) in [6.45, 7) is 1.65. The largest absolute Gasteiger partial charge is 0.482 e. The van der Waals surface area contributed by atoms with Crippen LogP contribution in [0, 0.1) is 0 Å². The van der Waals surface area contributed by atoms with Gasteiger partial charge in [-0.25, -0.2) is 0 Å². The van der Waals surface area contributed by atoms with Gasteiger partial charge in [-0.3, -0.25) is 14.5 Å². The quantitative estimate of drug-likeness (QED) is 0.946. The van der Waals surface area contributed by atoms with E-state index < -0.39 is 6.04 Å². The summed E-state index contributed by atoms with van der Waals surface area (Å²) in [6.07, 6.45) is 0. The van der Waals surface area contributed by atoms with Crippen LogP contribution in [0.1, 0.15) is 6.92 Å². The summed E-state index contributed by atoms with van der Waals surface area (Å²) in [5.41, 5.74) is 1.32. The van der Waals surface area contributed by atoms with Gasteiger partial charge in [0, 0.05) is 5.69 Å². The van der Waals surface area contributed by atoms with Crippen molar-refractivity contribution in [1.82, 2.24) is 0 Å². The van der Waals surface area contributed by atoms with Crippen molar-refractivity contribution < 1.29 is 14.3 Å². The van der Waals surface area contributed by atoms with Crippen molar-refractivity contribution in [3.63, 3.8) is 0 Å². The Morgan fingerprint density at radius 3 is 2.59 bits per heavy atom. The Hall–Kier alpha value is -2.82. The molecule has 0 spiro atoms. The van der Waals surface area contributed by atoms with Gasteiger partial charge < -0.3 is 10.1 Å². The number of rotatable bonds is 3. The first kappa shape index (κ1) is 14.1. The van der Waals surface area contributed by atoms with Gasteiger partial charge >= 0.3 is 0 Å². The topological polar surface area (TPSA) is 58.6 Å². The Morgan fingerprint density at radius 1 is 1.14 bits per heavy atom. The fourth-order valence-corrected chi connectivity index (χ4v) is 2.43. The van der Waals surface area contributed by atoms with Crippen LogP contribution in [0.5, 0.6) is 5.75 Å². The molecular weight excluding hydrogens is 280 g/mol. The summed E-state index contributed by atoms with van der Waals surface area (Å²) in [7, 11) is 0. The maximum atomic E-state index is 12.4. The first-order valence-corrected chi connectivity index (χ1v) is 7.06. The van der Waals surface area contributed by atoms with Crippen molar-refractivity contribution in [1.29, 1.82) is 0 Å². The molecule has 22 heavy (non-hydrogen) atoms. The molecule has 0 saturated carbocycles. The molecule has 0 aromatic heterocycles. The average Bonchev–Trinajstić information content (AvgIpc) is 2.55. The van der Waals surface area contributed by atoms with Gasteiger partial charge in [0.05, 0.1) is 5.69 Å². The monoisotopic (exact) mass is 296 g/mol. The third-order valence-corrected chi connectivity index (χ3v) is 3.55. The normalized spacial score (nSPS) is 14.8. The van der Waals surface area contributed by atoms with E-state index in [0.29, 0.717) is 17.1 Å². The number of benzene rings is 2. The van der Waals surface area contributed by atoms with Crippen molar-refractivity contribution in [3.8, 4) is 5.75 Å². The molecule has 1 N–H and O–H groups in total. The molecule has 1 atom stereocenters. The number of hydrogen-bond acceptors (Lipinski definition) is 3. The average molecular weight is 296 g/mol. The van der Waals surface area contributed by atoms with Crippen LogP contribution in [0.2, 0.25) is 0 Å². The van der Waals surface area contributed by atoms with Gasteiger partial charge in [-0.05, 0) is 31.2 Å². The van der Waals surface area contributed by atoms with E-state index in [0.717, 1.165) is 0 Å². The molecule has 0 saturated heterocycles. The van der Waals surface area contributed by atoms with E-state index in [1.54, 1.807) is 31.2 Å². The Labute approximate surface area is 128 Å². The fraction of sp³-hybridized carbons (Fsp3) is 0.176. The maximum Gasteiger partial charge on any atom is 0.265 e. The Morgan fingerprint density at radius 2 is 1.82 bits per heavy atom. The van der Waals surface area contributed by atoms with Gasteiger partial charge in [-0.2, -0.15) is 0 Å². The second-order valence-corrected chi connectivity index (χ2v) is 5.05. The molecule has 1 unspecified atom stereocenters. The highest BCUT2D eigenvalue weighted by Gasteiger charge is 2.32. The molecule has 3 rings (SSSR count). The first-order valence-electron chi connectivity index (χ1n) is 7.06. The number of nitrogens with zero attached hydrogens (tertiary/aromatic N) is 1. The Kier molecular flexibility index (Phi) is 3.78. The molecule has 0 fully saturated rings. The number of ether oxygens (including phenoxy) is 1. The number of amides is 2. The molecule has 1 aliphatic heterocycles. The van der Waals surface area contributed by atoms with E-state index in [4.69, 9.17) is 4.74 Å². The SMILES string of the molecule is CC(C(=O)Nc1ccccc1)N1C(=O)COc2ccccc21. The van der Waals surface area contributed by atoms with Gasteiger partial charge in [0.25, 0.3) is 5.91 Å². The van der Waals surface area contributed by atoms with E-state index >= 15 is 0 Å². The summed E-state index contributed by atoms with van der Waals surface area (Å²) in [5.74, 6) is 0.145. The van der Waals surface area contributed by atoms with Gasteiger partial charge in [0.1, 0.15) is 11.8 Å². The zero-order chi connectivity index (χ0) is 15.5. The van der Waals surface area contributed by atoms with Crippen LogP contribution in [0.4, 0.5) is 11.4 Å². The van der Waals surface area contributed by atoms with E-state index in [-0.39, 0.29) is 18.4 Å². The van der Waals surface area contributed by atoms with Gasteiger partial charge in [0.15, 0.2) is 6.61 Å². The van der Waals surface area contributed by atoms with Crippen molar-refractivity contribution in [2.45, 2.75) is 13.0 Å². The minimum absolute atomic E-state index is 0.0556. The van der Waals surface area contributed by atoms with Crippen LogP contribution >= 0.6 is 0 Å². The molecule has 0 aliphatic carbocycles. The lowest BCUT2D eigenvalue weighted by Crippen LogP contribution is -2.49. The van der Waals surface area contributed by atoms with Crippen LogP contribution in [0.15, 0.2) is 54.6 Å². The zero-order valence-electron chi connectivity index (χ0n) is 12.2. The predicted molar refractivity (Wildman–Crippen MR) is 84.0 cm³/mol. The molecule has 5 nitrogen and oxygen atoms in total. The van der Waals surface area contributed by atoms with Crippen LogP contribution in [-0.4, -0.2) is 24.5 Å². The molecule has 2 aromatic carbocycles. The maximum absolute atomic E-state index is 12.4. The Bertz CT molecular complexity index is 700. The highest BCUT2D eigenvalue weighted by Crippen LogP contribution is 2.33. The lowest BCUT2D eigenvalue weighted by atomic mass is 10.1. The molecule has 112 valence electrons. The molecule has 0 radical (unpaired) electrons. The molecule has 5 heteroatoms. The third kappa shape index (κ3) is 2.65. The second-order valence-electron chi connectivity index (χ2n) is 5.05. The summed E-state index contributed by atoms with van der Waals surface area (Å²) >= 11 is 0. The molecule has 0 bridgehead atoms. The van der Waals surface area contributed by atoms with Crippen molar-refractivity contribution >= 4 is 23.2 Å². The van der Waals surface area contributed by atoms with Crippen LogP contribution in [0.25, 0.3) is 0 Å². The standard InChI is InChI=1S/C17H16N2O3/c1-12(17(21)18-13-7-3-2-4-8-13)19-14-9-5-6-10-15(14)22-11-16(19)20/h2-10,12H,11H2,1H3,(H,18,21). The van der Waals surface area contributed by atoms with Crippen molar-refractivity contribution in [2.24, 2.45) is 0 Å². The summed E-state index contributed by atoms with van der Waals surface area (Å²) in [4.78, 5) is 26.1. The van der Waals surface area contributed by atoms with Gasteiger partial charge in [-0.1, -0.05) is 30.3 Å². The molecule has 1 aliphatic rings. The highest BCUT2D eigenvalue weighted by atomic mass is 16.5. The van der Waals surface area contributed by atoms with Crippen LogP contribution < -0.4 is 15.0 Å². The molecule has 1 heterocycles.